The molecule has 0 aliphatic carbocycles. The predicted molar refractivity (Wildman–Crippen MR) is 101 cm³/mol. The Hall–Kier alpha value is -3.31. The van der Waals surface area contributed by atoms with E-state index in [2.05, 4.69) is 25.8 Å². The van der Waals surface area contributed by atoms with Gasteiger partial charge >= 0.3 is 0 Å². The Kier molecular flexibility index (Phi) is 4.32. The van der Waals surface area contributed by atoms with Crippen molar-refractivity contribution in [1.82, 2.24) is 15.3 Å². The number of carbonyl (C=O) groups is 1. The molecule has 11 heteroatoms. The highest BCUT2D eigenvalue weighted by molar-refractivity contribution is 7.89. The number of anilines is 1. The minimum absolute atomic E-state index is 0.121. The van der Waals surface area contributed by atoms with Gasteiger partial charge in [-0.2, -0.15) is 5.10 Å². The molecule has 1 aliphatic rings. The van der Waals surface area contributed by atoms with Crippen molar-refractivity contribution in [3.05, 3.63) is 53.6 Å². The maximum Gasteiger partial charge on any atom is 0.268 e. The number of pyridine rings is 1. The van der Waals surface area contributed by atoms with E-state index >= 15 is 0 Å². The first kappa shape index (κ1) is 18.1. The number of amides is 1. The van der Waals surface area contributed by atoms with Gasteiger partial charge in [0.05, 0.1) is 5.71 Å². The SMILES string of the molecule is NS(=O)(=O)c1ccc(N/N=C2\CCNC(=O)c3[nH]c4ccc(F)cc4c32)nc1. The smallest absolute Gasteiger partial charge is 0.268 e. The van der Waals surface area contributed by atoms with E-state index in [4.69, 9.17) is 5.14 Å². The summed E-state index contributed by atoms with van der Waals surface area (Å²) in [7, 11) is -3.84. The first-order valence-corrected chi connectivity index (χ1v) is 9.79. The number of carbonyl (C=O) groups excluding carboxylic acids is 1. The number of H-pyrrole nitrogens is 1. The summed E-state index contributed by atoms with van der Waals surface area (Å²) in [6.45, 7) is 0.358. The number of nitrogens with zero attached hydrogens (tertiary/aromatic N) is 2. The normalized spacial score (nSPS) is 15.9. The average Bonchev–Trinajstić information content (AvgIpc) is 2.95. The molecule has 3 aromatic rings. The monoisotopic (exact) mass is 402 g/mol. The Bertz CT molecular complexity index is 1220. The molecule has 28 heavy (non-hydrogen) atoms. The average molecular weight is 402 g/mol. The number of hydrogen-bond acceptors (Lipinski definition) is 6. The lowest BCUT2D eigenvalue weighted by Crippen LogP contribution is -2.23. The van der Waals surface area contributed by atoms with E-state index in [-0.39, 0.29) is 16.6 Å². The van der Waals surface area contributed by atoms with E-state index in [0.717, 1.165) is 6.20 Å². The second kappa shape index (κ2) is 6.69. The number of aromatic nitrogens is 2. The van der Waals surface area contributed by atoms with Gasteiger partial charge in [0.25, 0.3) is 5.91 Å². The lowest BCUT2D eigenvalue weighted by atomic mass is 10.0. The number of nitrogens with two attached hydrogens (primary N) is 1. The first-order chi connectivity index (χ1) is 13.3. The Balaban J connectivity index is 1.74. The second-order valence-corrected chi connectivity index (χ2v) is 7.73. The summed E-state index contributed by atoms with van der Waals surface area (Å²) in [5, 5.41) is 12.7. The molecular formula is C17H15FN6O3S. The first-order valence-electron chi connectivity index (χ1n) is 8.24. The van der Waals surface area contributed by atoms with Gasteiger partial charge in [0.2, 0.25) is 10.0 Å². The predicted octanol–water partition coefficient (Wildman–Crippen LogP) is 1.30. The molecule has 1 aromatic carbocycles. The van der Waals surface area contributed by atoms with Gasteiger partial charge in [0, 0.05) is 35.6 Å². The van der Waals surface area contributed by atoms with Gasteiger partial charge in [-0.05, 0) is 30.3 Å². The number of nitrogens with one attached hydrogen (secondary N) is 3. The van der Waals surface area contributed by atoms with Gasteiger partial charge in [0.15, 0.2) is 0 Å². The molecule has 9 nitrogen and oxygen atoms in total. The fourth-order valence-corrected chi connectivity index (χ4v) is 3.45. The molecule has 0 radical (unpaired) electrons. The van der Waals surface area contributed by atoms with Crippen molar-refractivity contribution in [2.75, 3.05) is 12.0 Å². The lowest BCUT2D eigenvalue weighted by Gasteiger charge is -2.06. The zero-order valence-corrected chi connectivity index (χ0v) is 15.2. The topological polar surface area (TPSA) is 142 Å². The van der Waals surface area contributed by atoms with E-state index in [9.17, 15) is 17.6 Å². The third kappa shape index (κ3) is 3.32. The van der Waals surface area contributed by atoms with E-state index in [1.807, 2.05) is 0 Å². The molecule has 0 saturated heterocycles. The molecule has 4 rings (SSSR count). The highest BCUT2D eigenvalue weighted by atomic mass is 32.2. The second-order valence-electron chi connectivity index (χ2n) is 6.17. The van der Waals surface area contributed by atoms with Crippen molar-refractivity contribution in [3.8, 4) is 0 Å². The van der Waals surface area contributed by atoms with E-state index in [1.54, 1.807) is 6.07 Å². The van der Waals surface area contributed by atoms with E-state index in [0.29, 0.717) is 40.8 Å². The van der Waals surface area contributed by atoms with Gasteiger partial charge in [-0.3, -0.25) is 10.2 Å². The molecule has 0 fully saturated rings. The Labute approximate surface area is 158 Å². The fraction of sp³-hybridized carbons (Fsp3) is 0.118. The summed E-state index contributed by atoms with van der Waals surface area (Å²) in [4.78, 5) is 19.2. The number of halogens is 1. The van der Waals surface area contributed by atoms with Crippen LogP contribution >= 0.6 is 0 Å². The number of aromatic amines is 1. The van der Waals surface area contributed by atoms with Crippen LogP contribution in [0.4, 0.5) is 10.2 Å². The Morgan fingerprint density at radius 2 is 2.07 bits per heavy atom. The zero-order valence-electron chi connectivity index (χ0n) is 14.4. The molecule has 1 aliphatic heterocycles. The maximum atomic E-state index is 13.8. The van der Waals surface area contributed by atoms with E-state index in [1.165, 1.54) is 24.3 Å². The van der Waals surface area contributed by atoms with Gasteiger partial charge in [0.1, 0.15) is 22.2 Å². The molecule has 1 amide bonds. The molecule has 0 saturated carbocycles. The summed E-state index contributed by atoms with van der Waals surface area (Å²) in [5.41, 5.74) is 4.70. The van der Waals surface area contributed by atoms with Crippen molar-refractivity contribution >= 4 is 38.4 Å². The minimum Gasteiger partial charge on any atom is -0.350 e. The van der Waals surface area contributed by atoms with Gasteiger partial charge in [-0.1, -0.05) is 0 Å². The van der Waals surface area contributed by atoms with Crippen molar-refractivity contribution in [2.45, 2.75) is 11.3 Å². The largest absolute Gasteiger partial charge is 0.350 e. The van der Waals surface area contributed by atoms with Crippen molar-refractivity contribution in [3.63, 3.8) is 0 Å². The number of hydrogen-bond donors (Lipinski definition) is 4. The van der Waals surface area contributed by atoms with Crippen LogP contribution in [0.1, 0.15) is 22.5 Å². The van der Waals surface area contributed by atoms with E-state index < -0.39 is 15.8 Å². The molecule has 2 aromatic heterocycles. The highest BCUT2D eigenvalue weighted by Crippen LogP contribution is 2.27. The summed E-state index contributed by atoms with van der Waals surface area (Å²) >= 11 is 0. The van der Waals surface area contributed by atoms with Crippen LogP contribution in [0.25, 0.3) is 10.9 Å². The van der Waals surface area contributed by atoms with Crippen LogP contribution in [-0.2, 0) is 10.0 Å². The number of fused-ring (bicyclic) bond motifs is 3. The minimum atomic E-state index is -3.84. The number of sulfonamides is 1. The molecule has 5 N–H and O–H groups in total. The summed E-state index contributed by atoms with van der Waals surface area (Å²) in [6, 6.07) is 6.93. The van der Waals surface area contributed by atoms with Crippen LogP contribution in [0.2, 0.25) is 0 Å². The van der Waals surface area contributed by atoms with Crippen LogP contribution in [0, 0.1) is 5.82 Å². The van der Waals surface area contributed by atoms with Gasteiger partial charge in [-0.15, -0.1) is 0 Å². The van der Waals surface area contributed by atoms with Crippen molar-refractivity contribution in [2.24, 2.45) is 10.2 Å². The fourth-order valence-electron chi connectivity index (χ4n) is 2.99. The molecule has 0 unspecified atom stereocenters. The summed E-state index contributed by atoms with van der Waals surface area (Å²) in [5.74, 6) is -0.435. The van der Waals surface area contributed by atoms with Crippen LogP contribution in [0.3, 0.4) is 0 Å². The third-order valence-corrected chi connectivity index (χ3v) is 5.19. The lowest BCUT2D eigenvalue weighted by molar-refractivity contribution is 0.0952. The number of rotatable bonds is 3. The molecule has 0 spiro atoms. The van der Waals surface area contributed by atoms with Gasteiger partial charge in [-0.25, -0.2) is 22.9 Å². The van der Waals surface area contributed by atoms with Crippen LogP contribution in [-0.4, -0.2) is 36.5 Å². The molecule has 144 valence electrons. The standard InChI is InChI=1S/C17H15FN6O3S/c18-9-1-3-12-11(7-9)15-13(5-6-20-17(25)16(15)22-12)23-24-14-4-2-10(8-21-14)28(19,26)27/h1-4,7-8,22H,5-6H2,(H,20,25)(H,21,24)(H2,19,26,27)/b23-13+. The van der Waals surface area contributed by atoms with Crippen LogP contribution in [0.5, 0.6) is 0 Å². The Morgan fingerprint density at radius 1 is 1.25 bits per heavy atom. The highest BCUT2D eigenvalue weighted by Gasteiger charge is 2.25. The van der Waals surface area contributed by atoms with Crippen LogP contribution in [0.15, 0.2) is 46.5 Å². The quantitative estimate of drug-likeness (QED) is 0.489. The molecule has 0 bridgehead atoms. The number of primary sulfonamides is 1. The molecular weight excluding hydrogens is 387 g/mol. The van der Waals surface area contributed by atoms with Crippen molar-refractivity contribution in [1.29, 1.82) is 0 Å². The zero-order chi connectivity index (χ0) is 19.9. The molecule has 0 atom stereocenters. The Morgan fingerprint density at radius 3 is 2.79 bits per heavy atom. The maximum absolute atomic E-state index is 13.8. The number of benzene rings is 1. The third-order valence-electron chi connectivity index (χ3n) is 4.29. The number of hydrazone groups is 1. The van der Waals surface area contributed by atoms with Crippen molar-refractivity contribution < 1.29 is 17.6 Å². The molecule has 3 heterocycles. The van der Waals surface area contributed by atoms with Crippen LogP contribution < -0.4 is 15.9 Å². The van der Waals surface area contributed by atoms with Gasteiger partial charge < -0.3 is 10.3 Å². The summed E-state index contributed by atoms with van der Waals surface area (Å²) < 4.78 is 36.3. The summed E-state index contributed by atoms with van der Waals surface area (Å²) in [6.07, 6.45) is 1.52.